The van der Waals surface area contributed by atoms with Gasteiger partial charge in [0.1, 0.15) is 11.6 Å². The van der Waals surface area contributed by atoms with E-state index in [0.29, 0.717) is 6.42 Å². The first-order chi connectivity index (χ1) is 7.56. The van der Waals surface area contributed by atoms with Crippen LogP contribution >= 0.6 is 11.6 Å². The highest BCUT2D eigenvalue weighted by Gasteiger charge is 2.12. The number of benzene rings is 1. The van der Waals surface area contributed by atoms with Crippen molar-refractivity contribution in [1.29, 1.82) is 0 Å². The Bertz CT molecular complexity index is 360. The molecule has 5 heteroatoms. The van der Waals surface area contributed by atoms with Crippen LogP contribution in [0, 0.1) is 11.6 Å². The van der Waals surface area contributed by atoms with Crippen LogP contribution in [0.2, 0.25) is 0 Å². The average Bonchev–Trinajstić information content (AvgIpc) is 2.24. The van der Waals surface area contributed by atoms with Gasteiger partial charge in [-0.15, -0.1) is 11.6 Å². The lowest BCUT2D eigenvalue weighted by atomic mass is 10.1. The van der Waals surface area contributed by atoms with Gasteiger partial charge in [0.05, 0.1) is 0 Å². The van der Waals surface area contributed by atoms with Crippen LogP contribution in [0.25, 0.3) is 0 Å². The van der Waals surface area contributed by atoms with Crippen LogP contribution in [0.1, 0.15) is 23.7 Å². The van der Waals surface area contributed by atoms with Crippen molar-refractivity contribution in [3.8, 4) is 0 Å². The number of hydrogen-bond donors (Lipinski definition) is 1. The molecule has 1 amide bonds. The Balaban J connectivity index is 2.80. The van der Waals surface area contributed by atoms with Gasteiger partial charge in [-0.1, -0.05) is 6.92 Å². The number of amides is 1. The molecule has 0 heterocycles. The first-order valence-electron chi connectivity index (χ1n) is 4.89. The molecule has 2 nitrogen and oxygen atoms in total. The molecule has 0 saturated carbocycles. The Kier molecular flexibility index (Phi) is 4.68. The fourth-order valence-corrected chi connectivity index (χ4v) is 1.50. The number of hydrogen-bond acceptors (Lipinski definition) is 1. The third-order valence-corrected chi connectivity index (χ3v) is 2.51. The first kappa shape index (κ1) is 12.9. The zero-order valence-corrected chi connectivity index (χ0v) is 9.52. The number of alkyl halides is 1. The van der Waals surface area contributed by atoms with Gasteiger partial charge in [-0.05, 0) is 18.6 Å². The van der Waals surface area contributed by atoms with E-state index in [1.54, 1.807) is 0 Å². The molecule has 0 fully saturated rings. The Morgan fingerprint density at radius 2 is 1.94 bits per heavy atom. The van der Waals surface area contributed by atoms with E-state index in [2.05, 4.69) is 5.32 Å². The summed E-state index contributed by atoms with van der Waals surface area (Å²) in [5.74, 6) is -1.81. The minimum absolute atomic E-state index is 0.0407. The third-order valence-electron chi connectivity index (χ3n) is 2.14. The fraction of sp³-hybridized carbons (Fsp3) is 0.364. The molecule has 0 aliphatic rings. The van der Waals surface area contributed by atoms with E-state index < -0.39 is 17.5 Å². The van der Waals surface area contributed by atoms with Crippen LogP contribution in [0.5, 0.6) is 0 Å². The second kappa shape index (κ2) is 5.80. The smallest absolute Gasteiger partial charge is 0.251 e. The molecule has 0 saturated heterocycles. The van der Waals surface area contributed by atoms with Crippen molar-refractivity contribution in [2.24, 2.45) is 0 Å². The molecule has 0 aliphatic carbocycles. The highest BCUT2D eigenvalue weighted by atomic mass is 35.5. The third kappa shape index (κ3) is 3.45. The predicted molar refractivity (Wildman–Crippen MR) is 58.6 cm³/mol. The summed E-state index contributed by atoms with van der Waals surface area (Å²) >= 11 is 5.60. The molecule has 0 bridgehead atoms. The summed E-state index contributed by atoms with van der Waals surface area (Å²) < 4.78 is 25.7. The molecule has 1 aromatic carbocycles. The first-order valence-corrected chi connectivity index (χ1v) is 5.43. The molecule has 88 valence electrons. The molecular formula is C11H12ClF2NO. The van der Waals surface area contributed by atoms with E-state index in [4.69, 9.17) is 11.6 Å². The van der Waals surface area contributed by atoms with E-state index in [9.17, 15) is 13.6 Å². The Labute approximate surface area is 97.6 Å². The maximum atomic E-state index is 12.8. The summed E-state index contributed by atoms with van der Waals surface area (Å²) in [4.78, 5) is 11.6. The van der Waals surface area contributed by atoms with Gasteiger partial charge >= 0.3 is 0 Å². The van der Waals surface area contributed by atoms with E-state index in [1.165, 1.54) is 0 Å². The lowest BCUT2D eigenvalue weighted by molar-refractivity contribution is 0.0939. The molecule has 0 spiro atoms. The van der Waals surface area contributed by atoms with Crippen molar-refractivity contribution < 1.29 is 13.6 Å². The quantitative estimate of drug-likeness (QED) is 0.815. The lowest BCUT2D eigenvalue weighted by Crippen LogP contribution is -2.35. The largest absolute Gasteiger partial charge is 0.348 e. The average molecular weight is 248 g/mol. The maximum absolute atomic E-state index is 12.8. The monoisotopic (exact) mass is 247 g/mol. The molecular weight excluding hydrogens is 236 g/mol. The summed E-state index contributed by atoms with van der Waals surface area (Å²) in [5, 5.41) is 2.58. The fourth-order valence-electron chi connectivity index (χ4n) is 1.20. The van der Waals surface area contributed by atoms with Crippen molar-refractivity contribution in [1.82, 2.24) is 5.32 Å². The number of halogens is 3. The summed E-state index contributed by atoms with van der Waals surface area (Å²) in [7, 11) is 0. The van der Waals surface area contributed by atoms with E-state index in [0.717, 1.165) is 18.2 Å². The zero-order chi connectivity index (χ0) is 12.1. The molecule has 0 aliphatic heterocycles. The van der Waals surface area contributed by atoms with Gasteiger partial charge in [-0.3, -0.25) is 4.79 Å². The van der Waals surface area contributed by atoms with Crippen molar-refractivity contribution >= 4 is 17.5 Å². The molecule has 16 heavy (non-hydrogen) atoms. The molecule has 1 atom stereocenters. The van der Waals surface area contributed by atoms with Crippen molar-refractivity contribution in [2.45, 2.75) is 19.4 Å². The highest BCUT2D eigenvalue weighted by molar-refractivity contribution is 6.18. The molecule has 0 radical (unpaired) electrons. The highest BCUT2D eigenvalue weighted by Crippen LogP contribution is 2.08. The van der Waals surface area contributed by atoms with Gasteiger partial charge in [-0.25, -0.2) is 8.78 Å². The van der Waals surface area contributed by atoms with Gasteiger partial charge in [0.15, 0.2) is 0 Å². The normalized spacial score (nSPS) is 12.2. The van der Waals surface area contributed by atoms with Crippen LogP contribution in [0.3, 0.4) is 0 Å². The van der Waals surface area contributed by atoms with Gasteiger partial charge < -0.3 is 5.32 Å². The Morgan fingerprint density at radius 1 is 1.38 bits per heavy atom. The molecule has 0 aromatic heterocycles. The summed E-state index contributed by atoms with van der Waals surface area (Å²) in [6.07, 6.45) is 0.660. The SMILES string of the molecule is CCC(CCl)NC(=O)c1cc(F)cc(F)c1. The number of carbonyl (C=O) groups excluding carboxylic acids is 1. The van der Waals surface area contributed by atoms with Crippen molar-refractivity contribution in [2.75, 3.05) is 5.88 Å². The van der Waals surface area contributed by atoms with E-state index in [-0.39, 0.29) is 17.5 Å². The van der Waals surface area contributed by atoms with E-state index >= 15 is 0 Å². The number of carbonyl (C=O) groups is 1. The van der Waals surface area contributed by atoms with Crippen LogP contribution in [-0.4, -0.2) is 17.8 Å². The minimum atomic E-state index is -0.774. The summed E-state index contributed by atoms with van der Waals surface area (Å²) in [6, 6.07) is 2.49. The second-order valence-corrected chi connectivity index (χ2v) is 3.70. The summed E-state index contributed by atoms with van der Waals surface area (Å²) in [6.45, 7) is 1.86. The van der Waals surface area contributed by atoms with Gasteiger partial charge in [-0.2, -0.15) is 0 Å². The molecule has 1 aromatic rings. The van der Waals surface area contributed by atoms with Crippen LogP contribution in [-0.2, 0) is 0 Å². The van der Waals surface area contributed by atoms with Crippen molar-refractivity contribution in [3.63, 3.8) is 0 Å². The molecule has 1 rings (SSSR count). The van der Waals surface area contributed by atoms with E-state index in [1.807, 2.05) is 6.92 Å². The molecule has 1 N–H and O–H groups in total. The second-order valence-electron chi connectivity index (χ2n) is 3.39. The Morgan fingerprint density at radius 3 is 2.38 bits per heavy atom. The Hall–Kier alpha value is -1.16. The van der Waals surface area contributed by atoms with Crippen LogP contribution < -0.4 is 5.32 Å². The zero-order valence-electron chi connectivity index (χ0n) is 8.77. The maximum Gasteiger partial charge on any atom is 0.251 e. The predicted octanol–water partition coefficient (Wildman–Crippen LogP) is 2.71. The van der Waals surface area contributed by atoms with Crippen LogP contribution in [0.4, 0.5) is 8.78 Å². The van der Waals surface area contributed by atoms with Crippen molar-refractivity contribution in [3.05, 3.63) is 35.4 Å². The lowest BCUT2D eigenvalue weighted by Gasteiger charge is -2.13. The topological polar surface area (TPSA) is 29.1 Å². The van der Waals surface area contributed by atoms with Gasteiger partial charge in [0.2, 0.25) is 0 Å². The van der Waals surface area contributed by atoms with Gasteiger partial charge in [0, 0.05) is 23.6 Å². The summed E-state index contributed by atoms with van der Waals surface area (Å²) in [5.41, 5.74) is -0.0407. The van der Waals surface area contributed by atoms with Gasteiger partial charge in [0.25, 0.3) is 5.91 Å². The number of rotatable bonds is 4. The number of nitrogens with one attached hydrogen (secondary N) is 1. The standard InChI is InChI=1S/C11H12ClF2NO/c1-2-10(6-12)15-11(16)7-3-8(13)5-9(14)4-7/h3-5,10H,2,6H2,1H3,(H,15,16). The molecule has 1 unspecified atom stereocenters. The minimum Gasteiger partial charge on any atom is -0.348 e. The van der Waals surface area contributed by atoms with Crippen LogP contribution in [0.15, 0.2) is 18.2 Å².